The summed E-state index contributed by atoms with van der Waals surface area (Å²) in [6.45, 7) is 3.99. The van der Waals surface area contributed by atoms with Crippen LogP contribution in [0, 0.1) is 13.8 Å². The van der Waals surface area contributed by atoms with Crippen LogP contribution < -0.4 is 10.1 Å². The first-order valence-electron chi connectivity index (χ1n) is 7.40. The molecule has 0 unspecified atom stereocenters. The average Bonchev–Trinajstić information content (AvgIpc) is 2.89. The van der Waals surface area contributed by atoms with Gasteiger partial charge in [0.15, 0.2) is 0 Å². The van der Waals surface area contributed by atoms with Gasteiger partial charge >= 0.3 is 0 Å². The Labute approximate surface area is 135 Å². The van der Waals surface area contributed by atoms with Crippen molar-refractivity contribution in [1.82, 2.24) is 5.32 Å². The van der Waals surface area contributed by atoms with Gasteiger partial charge in [-0.25, -0.2) is 4.99 Å². The number of aliphatic imine (C=N–C) groups is 1. The molecule has 0 aromatic heterocycles. The highest BCUT2D eigenvalue weighted by molar-refractivity contribution is 6.19. The molecule has 0 fully saturated rings. The summed E-state index contributed by atoms with van der Waals surface area (Å²) in [5, 5.41) is 2.82. The molecule has 2 aromatic carbocycles. The van der Waals surface area contributed by atoms with Crippen LogP contribution in [0.25, 0.3) is 6.08 Å². The van der Waals surface area contributed by atoms with E-state index in [0.717, 1.165) is 22.4 Å². The molecule has 1 N–H and O–H groups in total. The van der Waals surface area contributed by atoms with Crippen LogP contribution in [0.5, 0.6) is 5.75 Å². The predicted octanol–water partition coefficient (Wildman–Crippen LogP) is 3.23. The Morgan fingerprint density at radius 3 is 2.48 bits per heavy atom. The van der Waals surface area contributed by atoms with E-state index in [0.29, 0.717) is 11.5 Å². The van der Waals surface area contributed by atoms with Gasteiger partial charge in [-0.2, -0.15) is 0 Å². The number of hydrogen-bond donors (Lipinski definition) is 1. The maximum Gasteiger partial charge on any atom is 0.275 e. The van der Waals surface area contributed by atoms with Gasteiger partial charge in [-0.1, -0.05) is 35.9 Å². The number of carbonyl (C=O) groups is 1. The molecule has 4 nitrogen and oxygen atoms in total. The molecule has 0 aliphatic carbocycles. The van der Waals surface area contributed by atoms with Gasteiger partial charge in [0.05, 0.1) is 7.11 Å². The summed E-state index contributed by atoms with van der Waals surface area (Å²) < 4.78 is 5.25. The molecule has 1 heterocycles. The summed E-state index contributed by atoms with van der Waals surface area (Å²) in [5.41, 5.74) is 4.41. The Bertz CT molecular complexity index is 818. The number of carbonyl (C=O) groups excluding carboxylic acids is 1. The van der Waals surface area contributed by atoms with E-state index in [4.69, 9.17) is 4.74 Å². The third kappa shape index (κ3) is 3.16. The molecular formula is C19H18N2O2. The van der Waals surface area contributed by atoms with Crippen molar-refractivity contribution in [3.05, 3.63) is 70.4 Å². The average molecular weight is 306 g/mol. The maximum absolute atomic E-state index is 12.1. The molecule has 116 valence electrons. The molecule has 4 heteroatoms. The van der Waals surface area contributed by atoms with Crippen LogP contribution in [-0.2, 0) is 4.79 Å². The fourth-order valence-corrected chi connectivity index (χ4v) is 2.47. The van der Waals surface area contributed by atoms with Gasteiger partial charge in [0.2, 0.25) is 0 Å². The summed E-state index contributed by atoms with van der Waals surface area (Å²) in [4.78, 5) is 16.5. The molecule has 0 spiro atoms. The second kappa shape index (κ2) is 6.08. The van der Waals surface area contributed by atoms with Crippen LogP contribution >= 0.6 is 0 Å². The Morgan fingerprint density at radius 1 is 1.09 bits per heavy atom. The largest absolute Gasteiger partial charge is 0.496 e. The van der Waals surface area contributed by atoms with Gasteiger partial charge < -0.3 is 10.1 Å². The Balaban J connectivity index is 1.91. The Kier molecular flexibility index (Phi) is 3.98. The van der Waals surface area contributed by atoms with Crippen LogP contribution in [-0.4, -0.2) is 18.9 Å². The van der Waals surface area contributed by atoms with Crippen molar-refractivity contribution in [2.24, 2.45) is 4.99 Å². The number of benzene rings is 2. The van der Waals surface area contributed by atoms with Crippen molar-refractivity contribution in [2.45, 2.75) is 13.8 Å². The van der Waals surface area contributed by atoms with Crippen molar-refractivity contribution in [2.75, 3.05) is 7.11 Å². The quantitative estimate of drug-likeness (QED) is 0.885. The highest BCUT2D eigenvalue weighted by atomic mass is 16.5. The molecule has 0 radical (unpaired) electrons. The lowest BCUT2D eigenvalue weighted by molar-refractivity contribution is -0.115. The minimum absolute atomic E-state index is 0.186. The van der Waals surface area contributed by atoms with E-state index in [-0.39, 0.29) is 5.91 Å². The minimum atomic E-state index is -0.186. The first-order chi connectivity index (χ1) is 11.1. The number of amides is 1. The first kappa shape index (κ1) is 15.0. The number of hydrogen-bond acceptors (Lipinski definition) is 3. The number of aryl methyl sites for hydroxylation is 2. The Morgan fingerprint density at radius 2 is 1.83 bits per heavy atom. The molecule has 0 saturated carbocycles. The molecule has 1 amide bonds. The normalized spacial score (nSPS) is 15.5. The van der Waals surface area contributed by atoms with Gasteiger partial charge in [0.1, 0.15) is 17.3 Å². The summed E-state index contributed by atoms with van der Waals surface area (Å²) >= 11 is 0. The zero-order valence-electron chi connectivity index (χ0n) is 13.4. The van der Waals surface area contributed by atoms with E-state index < -0.39 is 0 Å². The molecule has 0 bridgehead atoms. The van der Waals surface area contributed by atoms with Gasteiger partial charge in [0.25, 0.3) is 5.91 Å². The minimum Gasteiger partial charge on any atom is -0.496 e. The lowest BCUT2D eigenvalue weighted by atomic mass is 10.1. The molecule has 23 heavy (non-hydrogen) atoms. The highest BCUT2D eigenvalue weighted by Crippen LogP contribution is 2.21. The fraction of sp³-hybridized carbons (Fsp3) is 0.158. The summed E-state index contributed by atoms with van der Waals surface area (Å²) in [5.74, 6) is 1.23. The van der Waals surface area contributed by atoms with E-state index in [9.17, 15) is 4.79 Å². The molecule has 1 aliphatic heterocycles. The summed E-state index contributed by atoms with van der Waals surface area (Å²) in [7, 11) is 1.64. The van der Waals surface area contributed by atoms with Crippen LogP contribution in [0.4, 0.5) is 0 Å². The van der Waals surface area contributed by atoms with Crippen molar-refractivity contribution >= 4 is 17.8 Å². The zero-order valence-corrected chi connectivity index (χ0v) is 13.4. The van der Waals surface area contributed by atoms with E-state index in [1.807, 2.05) is 56.3 Å². The van der Waals surface area contributed by atoms with E-state index in [1.165, 1.54) is 5.56 Å². The maximum atomic E-state index is 12.1. The molecule has 3 rings (SSSR count). The lowest BCUT2D eigenvalue weighted by Crippen LogP contribution is -2.24. The van der Waals surface area contributed by atoms with Crippen molar-refractivity contribution < 1.29 is 9.53 Å². The van der Waals surface area contributed by atoms with Gasteiger partial charge in [-0.05, 0) is 43.2 Å². The summed E-state index contributed by atoms with van der Waals surface area (Å²) in [6, 6.07) is 13.7. The molecule has 0 atom stereocenters. The topological polar surface area (TPSA) is 50.7 Å². The zero-order chi connectivity index (χ0) is 16.4. The van der Waals surface area contributed by atoms with Crippen molar-refractivity contribution in [3.63, 3.8) is 0 Å². The third-order valence-corrected chi connectivity index (χ3v) is 3.74. The second-order valence-electron chi connectivity index (χ2n) is 5.54. The van der Waals surface area contributed by atoms with Crippen LogP contribution in [0.15, 0.2) is 53.2 Å². The van der Waals surface area contributed by atoms with E-state index >= 15 is 0 Å². The number of nitrogens with one attached hydrogen (secondary N) is 1. The monoisotopic (exact) mass is 306 g/mol. The number of methoxy groups -OCH3 is 1. The number of rotatable bonds is 3. The second-order valence-corrected chi connectivity index (χ2v) is 5.54. The number of ether oxygens (including phenoxy) is 1. The number of amidine groups is 1. The molecule has 2 aromatic rings. The van der Waals surface area contributed by atoms with Gasteiger partial charge in [-0.3, -0.25) is 4.79 Å². The SMILES string of the molecule is COc1ccc(/C=C2/N=C(c3ccc(C)cc3)NC2=O)cc1C. The molecular weight excluding hydrogens is 288 g/mol. The van der Waals surface area contributed by atoms with Gasteiger partial charge in [0, 0.05) is 5.56 Å². The van der Waals surface area contributed by atoms with E-state index in [1.54, 1.807) is 13.2 Å². The standard InChI is InChI=1S/C19H18N2O2/c1-12-4-7-15(8-5-12)18-20-16(19(22)21-18)11-14-6-9-17(23-3)13(2)10-14/h4-11H,1-3H3,(H,20,21,22)/b16-11+. The van der Waals surface area contributed by atoms with E-state index in [2.05, 4.69) is 10.3 Å². The van der Waals surface area contributed by atoms with Gasteiger partial charge in [-0.15, -0.1) is 0 Å². The highest BCUT2D eigenvalue weighted by Gasteiger charge is 2.21. The third-order valence-electron chi connectivity index (χ3n) is 3.74. The lowest BCUT2D eigenvalue weighted by Gasteiger charge is -2.04. The first-order valence-corrected chi connectivity index (χ1v) is 7.40. The number of nitrogens with zero attached hydrogens (tertiary/aromatic N) is 1. The molecule has 0 saturated heterocycles. The van der Waals surface area contributed by atoms with Crippen LogP contribution in [0.1, 0.15) is 22.3 Å². The predicted molar refractivity (Wildman–Crippen MR) is 91.6 cm³/mol. The Hall–Kier alpha value is -2.88. The van der Waals surface area contributed by atoms with Crippen LogP contribution in [0.2, 0.25) is 0 Å². The summed E-state index contributed by atoms with van der Waals surface area (Å²) in [6.07, 6.45) is 1.78. The van der Waals surface area contributed by atoms with Crippen molar-refractivity contribution in [1.29, 1.82) is 0 Å². The van der Waals surface area contributed by atoms with Crippen LogP contribution in [0.3, 0.4) is 0 Å². The fourth-order valence-electron chi connectivity index (χ4n) is 2.47. The smallest absolute Gasteiger partial charge is 0.275 e. The molecule has 1 aliphatic rings. The van der Waals surface area contributed by atoms with Crippen molar-refractivity contribution in [3.8, 4) is 5.75 Å².